The zero-order valence-electron chi connectivity index (χ0n) is 20.0. The lowest BCUT2D eigenvalue weighted by Gasteiger charge is -2.30. The molecule has 9 heteroatoms. The number of aliphatic hydroxyl groups is 2. The topological polar surface area (TPSA) is 141 Å². The van der Waals surface area contributed by atoms with Gasteiger partial charge in [-0.3, -0.25) is 14.1 Å². The summed E-state index contributed by atoms with van der Waals surface area (Å²) < 4.78 is 15.4. The van der Waals surface area contributed by atoms with Gasteiger partial charge in [0.25, 0.3) is 0 Å². The van der Waals surface area contributed by atoms with E-state index in [1.807, 2.05) is 0 Å². The number of carbonyl (C=O) groups is 2. The minimum Gasteiger partial charge on any atom is -0.382 e. The molecule has 4 N–H and O–H groups in total. The number of hydrogen-bond donors (Lipinski definition) is 4. The van der Waals surface area contributed by atoms with Gasteiger partial charge < -0.3 is 20.0 Å². The van der Waals surface area contributed by atoms with E-state index < -0.39 is 37.7 Å². The van der Waals surface area contributed by atoms with Crippen LogP contribution < -0.4 is 0 Å². The van der Waals surface area contributed by atoms with Crippen LogP contribution in [0, 0.1) is 0 Å². The Morgan fingerprint density at radius 2 is 1.19 bits per heavy atom. The summed E-state index contributed by atoms with van der Waals surface area (Å²) in [4.78, 5) is 43.0. The number of phosphoric acid groups is 1. The van der Waals surface area contributed by atoms with Crippen molar-refractivity contribution in [3.63, 3.8) is 0 Å². The number of Topliss-reactive ketones (excluding diaryl/α,β-unsaturated/α-hetero) is 2. The quantitative estimate of drug-likeness (QED) is 0.130. The van der Waals surface area contributed by atoms with E-state index in [0.717, 1.165) is 70.6 Å². The average molecular weight is 481 g/mol. The number of unbranched alkanes of at least 4 members (excludes halogenated alkanes) is 12. The monoisotopic (exact) mass is 480 g/mol. The average Bonchev–Trinajstić information content (AvgIpc) is 2.74. The first-order valence-electron chi connectivity index (χ1n) is 12.2. The molecule has 2 atom stereocenters. The second-order valence-electron chi connectivity index (χ2n) is 8.72. The van der Waals surface area contributed by atoms with Crippen LogP contribution >= 0.6 is 7.82 Å². The number of hydrogen-bond acceptors (Lipinski definition) is 6. The molecule has 0 saturated heterocycles. The van der Waals surface area contributed by atoms with Crippen LogP contribution in [0.5, 0.6) is 0 Å². The van der Waals surface area contributed by atoms with Crippen LogP contribution in [-0.4, -0.2) is 49.9 Å². The Balaban J connectivity index is 4.73. The normalized spacial score (nSPS) is 14.8. The molecule has 0 aromatic rings. The summed E-state index contributed by atoms with van der Waals surface area (Å²) in [6.45, 7) is 3.13. The van der Waals surface area contributed by atoms with Gasteiger partial charge in [-0.2, -0.15) is 0 Å². The van der Waals surface area contributed by atoms with Gasteiger partial charge in [-0.1, -0.05) is 90.9 Å². The van der Waals surface area contributed by atoms with Gasteiger partial charge in [-0.15, -0.1) is 0 Å². The maximum absolute atomic E-state index is 12.6. The Morgan fingerprint density at radius 1 is 0.781 bits per heavy atom. The standard InChI is InChI=1S/C23H45O8P/c1-3-5-7-9-11-13-15-17-20(24)22(26)23(27,19-31-32(28,29)30)21(25)18-16-14-12-10-8-6-4-2/h22,26-27H,3-19H2,1-2H3,(H2,28,29,30)/t22-,23-/m0/s1. The molecule has 0 amide bonds. The van der Waals surface area contributed by atoms with E-state index in [1.165, 1.54) is 6.42 Å². The molecule has 190 valence electrons. The van der Waals surface area contributed by atoms with Crippen molar-refractivity contribution in [1.82, 2.24) is 0 Å². The summed E-state index contributed by atoms with van der Waals surface area (Å²) in [5.41, 5.74) is -2.67. The largest absolute Gasteiger partial charge is 0.469 e. The number of phosphoric ester groups is 1. The van der Waals surface area contributed by atoms with Crippen LogP contribution in [0.3, 0.4) is 0 Å². The fourth-order valence-electron chi connectivity index (χ4n) is 3.61. The Labute approximate surface area is 193 Å². The van der Waals surface area contributed by atoms with Gasteiger partial charge in [0.2, 0.25) is 0 Å². The summed E-state index contributed by atoms with van der Waals surface area (Å²) in [6, 6.07) is 0. The third kappa shape index (κ3) is 14.5. The summed E-state index contributed by atoms with van der Waals surface area (Å²) in [5.74, 6) is -1.55. The minimum absolute atomic E-state index is 0.0160. The maximum atomic E-state index is 12.6. The second-order valence-corrected chi connectivity index (χ2v) is 9.96. The molecule has 0 spiro atoms. The third-order valence-corrected chi connectivity index (χ3v) is 6.19. The summed E-state index contributed by atoms with van der Waals surface area (Å²) in [7, 11) is -4.99. The first kappa shape index (κ1) is 31.4. The highest BCUT2D eigenvalue weighted by molar-refractivity contribution is 7.46. The molecule has 32 heavy (non-hydrogen) atoms. The van der Waals surface area contributed by atoms with Crippen molar-refractivity contribution in [2.45, 2.75) is 128 Å². The van der Waals surface area contributed by atoms with Gasteiger partial charge >= 0.3 is 7.82 Å². The van der Waals surface area contributed by atoms with Crippen molar-refractivity contribution >= 4 is 19.4 Å². The Hall–Kier alpha value is -0.630. The lowest BCUT2D eigenvalue weighted by atomic mass is 9.85. The van der Waals surface area contributed by atoms with Gasteiger partial charge in [0.1, 0.15) is 0 Å². The zero-order valence-corrected chi connectivity index (χ0v) is 20.9. The van der Waals surface area contributed by atoms with Crippen LogP contribution in [-0.2, 0) is 18.7 Å². The van der Waals surface area contributed by atoms with Crippen molar-refractivity contribution < 1.29 is 38.7 Å². The highest BCUT2D eigenvalue weighted by Crippen LogP contribution is 2.37. The van der Waals surface area contributed by atoms with E-state index in [0.29, 0.717) is 12.8 Å². The predicted octanol–water partition coefficient (Wildman–Crippen LogP) is 4.61. The van der Waals surface area contributed by atoms with Crippen LogP contribution in [0.1, 0.15) is 117 Å². The maximum Gasteiger partial charge on any atom is 0.469 e. The van der Waals surface area contributed by atoms with E-state index in [-0.39, 0.29) is 12.8 Å². The van der Waals surface area contributed by atoms with Gasteiger partial charge in [0.15, 0.2) is 23.3 Å². The summed E-state index contributed by atoms with van der Waals surface area (Å²) in [5, 5.41) is 21.2. The van der Waals surface area contributed by atoms with Gasteiger partial charge in [-0.05, 0) is 12.8 Å². The molecular formula is C23H45O8P. The van der Waals surface area contributed by atoms with Crippen molar-refractivity contribution in [1.29, 1.82) is 0 Å². The van der Waals surface area contributed by atoms with E-state index in [9.17, 15) is 24.4 Å². The Morgan fingerprint density at radius 3 is 1.62 bits per heavy atom. The van der Waals surface area contributed by atoms with Gasteiger partial charge in [0.05, 0.1) is 6.61 Å². The van der Waals surface area contributed by atoms with Crippen LogP contribution in [0.25, 0.3) is 0 Å². The Kier molecular flexibility index (Phi) is 17.4. The highest BCUT2D eigenvalue weighted by atomic mass is 31.2. The molecule has 0 bridgehead atoms. The summed E-state index contributed by atoms with van der Waals surface area (Å²) in [6.07, 6.45) is 11.2. The molecule has 0 aliphatic heterocycles. The molecule has 8 nitrogen and oxygen atoms in total. The van der Waals surface area contributed by atoms with Crippen LogP contribution in [0.2, 0.25) is 0 Å². The van der Waals surface area contributed by atoms with Gasteiger partial charge in [-0.25, -0.2) is 4.57 Å². The van der Waals surface area contributed by atoms with E-state index in [4.69, 9.17) is 9.79 Å². The molecule has 0 aliphatic rings. The molecule has 0 heterocycles. The fraction of sp³-hybridized carbons (Fsp3) is 0.913. The molecule has 0 aliphatic carbocycles. The fourth-order valence-corrected chi connectivity index (χ4v) is 3.98. The van der Waals surface area contributed by atoms with Crippen molar-refractivity contribution in [2.24, 2.45) is 0 Å². The van der Waals surface area contributed by atoms with Gasteiger partial charge in [0, 0.05) is 12.8 Å². The van der Waals surface area contributed by atoms with Crippen molar-refractivity contribution in [3.05, 3.63) is 0 Å². The molecule has 0 rings (SSSR count). The number of rotatable bonds is 22. The van der Waals surface area contributed by atoms with E-state index in [1.54, 1.807) is 0 Å². The zero-order chi connectivity index (χ0) is 24.5. The Bertz CT molecular complexity index is 562. The predicted molar refractivity (Wildman–Crippen MR) is 124 cm³/mol. The molecular weight excluding hydrogens is 435 g/mol. The number of aliphatic hydroxyl groups excluding tert-OH is 1. The first-order valence-corrected chi connectivity index (χ1v) is 13.8. The van der Waals surface area contributed by atoms with Crippen LogP contribution in [0.15, 0.2) is 0 Å². The SMILES string of the molecule is CCCCCCCCCC(=O)[C@H](O)[C@](O)(COP(=O)(O)O)C(=O)CCCCCCCCC. The number of carbonyl (C=O) groups excluding carboxylic acids is 2. The first-order chi connectivity index (χ1) is 15.1. The second kappa shape index (κ2) is 17.8. The molecule has 0 aromatic carbocycles. The van der Waals surface area contributed by atoms with Crippen LogP contribution in [0.4, 0.5) is 0 Å². The van der Waals surface area contributed by atoms with Crippen molar-refractivity contribution in [2.75, 3.05) is 6.61 Å². The molecule has 0 radical (unpaired) electrons. The molecule has 0 unspecified atom stereocenters. The van der Waals surface area contributed by atoms with E-state index >= 15 is 0 Å². The number of ketones is 2. The summed E-state index contributed by atoms with van der Waals surface area (Å²) >= 11 is 0. The lowest BCUT2D eigenvalue weighted by Crippen LogP contribution is -2.56. The molecule has 0 aromatic heterocycles. The lowest BCUT2D eigenvalue weighted by molar-refractivity contribution is -0.165. The van der Waals surface area contributed by atoms with Crippen molar-refractivity contribution in [3.8, 4) is 0 Å². The minimum atomic E-state index is -4.99. The molecule has 0 fully saturated rings. The molecule has 0 saturated carbocycles. The smallest absolute Gasteiger partial charge is 0.382 e. The highest BCUT2D eigenvalue weighted by Gasteiger charge is 2.47. The van der Waals surface area contributed by atoms with E-state index in [2.05, 4.69) is 18.4 Å². The third-order valence-electron chi connectivity index (χ3n) is 5.73.